The van der Waals surface area contributed by atoms with Gasteiger partial charge in [-0.2, -0.15) is 4.98 Å². The molecule has 1 unspecified atom stereocenters. The quantitative estimate of drug-likeness (QED) is 0.361. The van der Waals surface area contributed by atoms with Crippen LogP contribution in [0.4, 0.5) is 14.6 Å². The maximum atomic E-state index is 16.9. The van der Waals surface area contributed by atoms with Crippen molar-refractivity contribution in [2.45, 2.75) is 32.7 Å². The van der Waals surface area contributed by atoms with Crippen molar-refractivity contribution in [3.05, 3.63) is 88.3 Å². The summed E-state index contributed by atoms with van der Waals surface area (Å²) in [5.74, 6) is -2.50. The molecule has 2 aliphatic heterocycles. The largest absolute Gasteiger partial charge is 0.507 e. The Balaban J connectivity index is 1.74. The molecule has 0 spiro atoms. The van der Waals surface area contributed by atoms with Crippen molar-refractivity contribution in [3.8, 4) is 22.7 Å². The number of hydrogen-bond acceptors (Lipinski definition) is 7. The second kappa shape index (κ2) is 10.2. The van der Waals surface area contributed by atoms with E-state index in [1.807, 2.05) is 18.7 Å². The first-order valence-electron chi connectivity index (χ1n) is 13.6. The minimum absolute atomic E-state index is 0.128. The molecule has 1 fully saturated rings. The second-order valence-electron chi connectivity index (χ2n) is 10.7. The highest BCUT2D eigenvalue weighted by atomic mass is 19.1. The first kappa shape index (κ1) is 27.3. The molecule has 0 radical (unpaired) electrons. The molecular weight excluding hydrogens is 542 g/mol. The lowest BCUT2D eigenvalue weighted by atomic mass is 10.0. The number of benzene rings is 1. The van der Waals surface area contributed by atoms with Gasteiger partial charge in [0.15, 0.2) is 5.82 Å². The lowest BCUT2D eigenvalue weighted by Crippen LogP contribution is -2.54. The van der Waals surface area contributed by atoms with E-state index in [4.69, 9.17) is 0 Å². The molecule has 1 saturated heterocycles. The van der Waals surface area contributed by atoms with Crippen molar-refractivity contribution in [2.24, 2.45) is 0 Å². The molecule has 9 nitrogen and oxygen atoms in total. The summed E-state index contributed by atoms with van der Waals surface area (Å²) in [5.41, 5.74) is 0.0718. The van der Waals surface area contributed by atoms with Crippen LogP contribution in [0.1, 0.15) is 36.7 Å². The monoisotopic (exact) mass is 570 g/mol. The Hall–Kier alpha value is -4.93. The average molecular weight is 571 g/mol. The van der Waals surface area contributed by atoms with Gasteiger partial charge in [0.2, 0.25) is 5.91 Å². The number of amides is 1. The molecule has 4 aromatic rings. The number of carbonyl (C=O) groups excluding carboxylic acids is 1. The Bertz CT molecular complexity index is 1860. The second-order valence-corrected chi connectivity index (χ2v) is 10.7. The molecule has 0 saturated carbocycles. The average Bonchev–Trinajstić information content (AvgIpc) is 3.11. The van der Waals surface area contributed by atoms with E-state index in [1.165, 1.54) is 22.8 Å². The van der Waals surface area contributed by atoms with Gasteiger partial charge in [0, 0.05) is 25.8 Å². The van der Waals surface area contributed by atoms with Crippen molar-refractivity contribution < 1.29 is 18.7 Å². The van der Waals surface area contributed by atoms with Gasteiger partial charge in [-0.25, -0.2) is 18.6 Å². The SMILES string of the molecule is C=CC(=O)N1CCN2c3nc(=O)n(-c4c(C)ccnc4C(C)C)c4c(F)c(-c5c(O)cccc5F)nc(c34)C=CC2C1. The molecule has 1 aromatic carbocycles. The van der Waals surface area contributed by atoms with Gasteiger partial charge in [-0.3, -0.25) is 14.3 Å². The van der Waals surface area contributed by atoms with Crippen LogP contribution in [-0.2, 0) is 4.79 Å². The lowest BCUT2D eigenvalue weighted by molar-refractivity contribution is -0.126. The summed E-state index contributed by atoms with van der Waals surface area (Å²) in [7, 11) is 0. The summed E-state index contributed by atoms with van der Waals surface area (Å²) in [5, 5.41) is 10.9. The highest BCUT2D eigenvalue weighted by Gasteiger charge is 2.35. The van der Waals surface area contributed by atoms with Gasteiger partial charge in [0.05, 0.1) is 34.1 Å². The number of fused-ring (bicyclic) bond motifs is 2. The smallest absolute Gasteiger partial charge is 0.354 e. The van der Waals surface area contributed by atoms with Gasteiger partial charge in [0.25, 0.3) is 0 Å². The molecule has 1 amide bonds. The highest BCUT2D eigenvalue weighted by Crippen LogP contribution is 2.41. The van der Waals surface area contributed by atoms with Crippen molar-refractivity contribution in [1.29, 1.82) is 0 Å². The number of halogens is 2. The van der Waals surface area contributed by atoms with E-state index >= 15 is 8.78 Å². The summed E-state index contributed by atoms with van der Waals surface area (Å²) in [6.45, 7) is 10.1. The van der Waals surface area contributed by atoms with Crippen molar-refractivity contribution in [1.82, 2.24) is 24.4 Å². The number of aromatic hydroxyl groups is 1. The number of rotatable bonds is 4. The standard InChI is InChI=1S/C31H28F2N6O3/c1-5-22(41)37-13-14-38-18(15-37)9-10-20-24-29(25(33)27(35-20)23-19(32)7-6-8-21(23)40)39(31(42)36-30(24)38)28-17(4)11-12-34-26(28)16(2)3/h5-12,16,18,40H,1,13-15H2,2-4H3. The van der Waals surface area contributed by atoms with E-state index in [1.54, 1.807) is 36.2 Å². The predicted octanol–water partition coefficient (Wildman–Crippen LogP) is 4.49. The summed E-state index contributed by atoms with van der Waals surface area (Å²) in [4.78, 5) is 43.4. The van der Waals surface area contributed by atoms with E-state index in [0.29, 0.717) is 30.0 Å². The summed E-state index contributed by atoms with van der Waals surface area (Å²) in [6, 6.07) is 4.98. The van der Waals surface area contributed by atoms with Crippen LogP contribution >= 0.6 is 0 Å². The zero-order valence-corrected chi connectivity index (χ0v) is 23.3. The number of aromatic nitrogens is 4. The van der Waals surface area contributed by atoms with Crippen LogP contribution < -0.4 is 10.6 Å². The summed E-state index contributed by atoms with van der Waals surface area (Å²) >= 11 is 0. The fourth-order valence-electron chi connectivity index (χ4n) is 5.79. The van der Waals surface area contributed by atoms with Crippen LogP contribution in [0, 0.1) is 18.6 Å². The third kappa shape index (κ3) is 4.15. The zero-order chi connectivity index (χ0) is 29.9. The maximum absolute atomic E-state index is 16.9. The number of anilines is 1. The molecular formula is C31H28F2N6O3. The zero-order valence-electron chi connectivity index (χ0n) is 23.3. The topological polar surface area (TPSA) is 104 Å². The number of phenolic OH excluding ortho intramolecular Hbond substituents is 1. The van der Waals surface area contributed by atoms with E-state index in [9.17, 15) is 14.7 Å². The van der Waals surface area contributed by atoms with Crippen molar-refractivity contribution in [3.63, 3.8) is 0 Å². The Morgan fingerprint density at radius 2 is 1.98 bits per heavy atom. The van der Waals surface area contributed by atoms with Gasteiger partial charge >= 0.3 is 5.69 Å². The van der Waals surface area contributed by atoms with Crippen LogP contribution in [-0.4, -0.2) is 61.1 Å². The minimum Gasteiger partial charge on any atom is -0.507 e. The molecule has 42 heavy (non-hydrogen) atoms. The number of piperazine rings is 1. The number of aryl methyl sites for hydroxylation is 1. The minimum atomic E-state index is -0.986. The molecule has 5 heterocycles. The van der Waals surface area contributed by atoms with Crippen LogP contribution in [0.5, 0.6) is 5.75 Å². The number of pyridine rings is 2. The summed E-state index contributed by atoms with van der Waals surface area (Å²) < 4.78 is 33.3. The van der Waals surface area contributed by atoms with Crippen LogP contribution in [0.25, 0.3) is 33.9 Å². The number of carbonyl (C=O) groups is 1. The Morgan fingerprint density at radius 3 is 2.69 bits per heavy atom. The van der Waals surface area contributed by atoms with E-state index < -0.39 is 40.4 Å². The van der Waals surface area contributed by atoms with Gasteiger partial charge < -0.3 is 14.9 Å². The summed E-state index contributed by atoms with van der Waals surface area (Å²) in [6.07, 6.45) is 6.34. The van der Waals surface area contributed by atoms with Crippen molar-refractivity contribution >= 4 is 28.7 Å². The molecule has 0 bridgehead atoms. The normalized spacial score (nSPS) is 16.1. The Morgan fingerprint density at radius 1 is 1.19 bits per heavy atom. The number of nitrogens with zero attached hydrogens (tertiary/aromatic N) is 6. The van der Waals surface area contributed by atoms with E-state index in [2.05, 4.69) is 21.5 Å². The molecule has 214 valence electrons. The van der Waals surface area contributed by atoms with Crippen LogP contribution in [0.15, 0.2) is 54.0 Å². The number of phenols is 1. The van der Waals surface area contributed by atoms with Crippen molar-refractivity contribution in [2.75, 3.05) is 24.5 Å². The molecule has 11 heteroatoms. The van der Waals surface area contributed by atoms with Crippen LogP contribution in [0.3, 0.4) is 0 Å². The molecule has 1 atom stereocenters. The van der Waals surface area contributed by atoms with Gasteiger partial charge in [-0.15, -0.1) is 0 Å². The lowest BCUT2D eigenvalue weighted by Gasteiger charge is -2.40. The first-order valence-corrected chi connectivity index (χ1v) is 13.6. The molecule has 3 aromatic heterocycles. The van der Waals surface area contributed by atoms with E-state index in [0.717, 1.165) is 6.07 Å². The molecule has 0 aliphatic carbocycles. The van der Waals surface area contributed by atoms with Gasteiger partial charge in [-0.05, 0) is 48.8 Å². The third-order valence-corrected chi connectivity index (χ3v) is 7.79. The third-order valence-electron chi connectivity index (χ3n) is 7.79. The molecule has 6 rings (SSSR count). The van der Waals surface area contributed by atoms with Crippen LogP contribution in [0.2, 0.25) is 0 Å². The molecule has 2 aliphatic rings. The first-order chi connectivity index (χ1) is 20.1. The Kier molecular flexibility index (Phi) is 6.59. The van der Waals surface area contributed by atoms with Gasteiger partial charge in [0.1, 0.15) is 28.6 Å². The van der Waals surface area contributed by atoms with Gasteiger partial charge in [-0.1, -0.05) is 32.6 Å². The highest BCUT2D eigenvalue weighted by molar-refractivity contribution is 6.00. The molecule has 1 N–H and O–H groups in total. The maximum Gasteiger partial charge on any atom is 0.354 e. The fraction of sp³-hybridized carbons (Fsp3) is 0.258. The number of hydrogen-bond donors (Lipinski definition) is 1. The fourth-order valence-corrected chi connectivity index (χ4v) is 5.79. The Labute approximate surface area is 240 Å². The predicted molar refractivity (Wildman–Crippen MR) is 156 cm³/mol. The van der Waals surface area contributed by atoms with E-state index in [-0.39, 0.29) is 40.8 Å².